The van der Waals surface area contributed by atoms with Crippen LogP contribution in [0, 0.1) is 11.7 Å². The maximum Gasteiger partial charge on any atom is 0.416 e. The molecular weight excluding hydrogens is 590 g/mol. The first-order valence-electron chi connectivity index (χ1n) is 12.7. The maximum absolute atomic E-state index is 15.3. The number of alkyl halides is 3. The fourth-order valence-electron chi connectivity index (χ4n) is 5.78. The highest BCUT2D eigenvalue weighted by Gasteiger charge is 2.81. The number of fused-ring (bicyclic) bond motifs is 2. The van der Waals surface area contributed by atoms with Crippen molar-refractivity contribution in [2.75, 3.05) is 18.8 Å². The Kier molecular flexibility index (Phi) is 6.82. The van der Waals surface area contributed by atoms with Gasteiger partial charge < -0.3 is 28.7 Å². The highest BCUT2D eigenvalue weighted by molar-refractivity contribution is 7.99. The van der Waals surface area contributed by atoms with E-state index in [0.29, 0.717) is 41.0 Å². The first-order valence-corrected chi connectivity index (χ1v) is 13.7. The second-order valence-electron chi connectivity index (χ2n) is 10.3. The molecule has 2 saturated heterocycles. The predicted molar refractivity (Wildman–Crippen MR) is 132 cm³/mol. The van der Waals surface area contributed by atoms with Gasteiger partial charge in [-0.25, -0.2) is 23.9 Å². The van der Waals surface area contributed by atoms with Crippen molar-refractivity contribution >= 4 is 23.7 Å². The van der Waals surface area contributed by atoms with Crippen LogP contribution in [-0.2, 0) is 37.7 Å². The van der Waals surface area contributed by atoms with Gasteiger partial charge in [-0.3, -0.25) is 0 Å². The average Bonchev–Trinajstić information content (AvgIpc) is 3.21. The number of carbonyl (C=O) groups is 2. The Hall–Kier alpha value is -3.54. The molecular formula is C25H23F4N5O7S. The van der Waals surface area contributed by atoms with Crippen LogP contribution in [0.4, 0.5) is 17.6 Å². The highest BCUT2D eigenvalue weighted by atomic mass is 32.2. The molecule has 1 saturated carbocycles. The number of esters is 2. The number of carbonyl (C=O) groups excluding carboxylic acids is 2. The van der Waals surface area contributed by atoms with Crippen LogP contribution in [0.2, 0.25) is 0 Å². The van der Waals surface area contributed by atoms with Crippen molar-refractivity contribution < 1.29 is 51.3 Å². The maximum atomic E-state index is 15.3. The fraction of sp³-hybridized carbons (Fsp3) is 0.480. The number of aliphatic hydroxyl groups is 2. The van der Waals surface area contributed by atoms with Crippen LogP contribution in [0.15, 0.2) is 40.4 Å². The minimum Gasteiger partial charge on any atom is -0.440 e. The van der Waals surface area contributed by atoms with Crippen molar-refractivity contribution in [1.29, 1.82) is 0 Å². The summed E-state index contributed by atoms with van der Waals surface area (Å²) >= 11 is 1.34. The second-order valence-corrected chi connectivity index (χ2v) is 11.3. The normalized spacial score (nSPS) is 29.4. The van der Waals surface area contributed by atoms with E-state index < -0.39 is 58.9 Å². The number of benzene rings is 1. The number of aliphatic hydroxyl groups excluding tert-OH is 2. The summed E-state index contributed by atoms with van der Waals surface area (Å²) in [5.41, 5.74) is -3.00. The minimum absolute atomic E-state index is 0.122. The van der Waals surface area contributed by atoms with E-state index in [4.69, 9.17) is 13.9 Å². The molecule has 12 nitrogen and oxygen atoms in total. The molecule has 2 aliphatic heterocycles. The lowest BCUT2D eigenvalue weighted by atomic mass is 9.89. The molecule has 3 aromatic rings. The Morgan fingerprint density at radius 1 is 1.14 bits per heavy atom. The fourth-order valence-corrected chi connectivity index (χ4v) is 6.62. The summed E-state index contributed by atoms with van der Waals surface area (Å²) in [7, 11) is 1.74. The molecule has 6 rings (SSSR count). The predicted octanol–water partition coefficient (Wildman–Crippen LogP) is 1.86. The molecule has 0 amide bonds. The zero-order valence-corrected chi connectivity index (χ0v) is 22.6. The van der Waals surface area contributed by atoms with E-state index in [1.54, 1.807) is 11.6 Å². The molecule has 0 bridgehead atoms. The number of aromatic nitrogens is 4. The summed E-state index contributed by atoms with van der Waals surface area (Å²) in [6, 6.07) is 1.98. The Bertz CT molecular complexity index is 1510. The Morgan fingerprint density at radius 3 is 2.48 bits per heavy atom. The monoisotopic (exact) mass is 613 g/mol. The van der Waals surface area contributed by atoms with E-state index in [-0.39, 0.29) is 25.1 Å². The van der Waals surface area contributed by atoms with E-state index in [0.717, 1.165) is 6.07 Å². The number of nitrogens with zero attached hydrogens (tertiary/aromatic N) is 5. The summed E-state index contributed by atoms with van der Waals surface area (Å²) in [6.45, 7) is 0.268. The summed E-state index contributed by atoms with van der Waals surface area (Å²) in [6.07, 6.45) is -6.06. The van der Waals surface area contributed by atoms with Gasteiger partial charge in [0.2, 0.25) is 5.82 Å². The van der Waals surface area contributed by atoms with Gasteiger partial charge in [0.05, 0.1) is 17.2 Å². The van der Waals surface area contributed by atoms with Gasteiger partial charge in [0.1, 0.15) is 5.82 Å². The van der Waals surface area contributed by atoms with Crippen molar-refractivity contribution in [3.63, 3.8) is 0 Å². The van der Waals surface area contributed by atoms with Crippen LogP contribution in [0.1, 0.15) is 24.0 Å². The lowest BCUT2D eigenvalue weighted by molar-refractivity contribution is -0.290. The van der Waals surface area contributed by atoms with Crippen LogP contribution in [0.5, 0.6) is 0 Å². The summed E-state index contributed by atoms with van der Waals surface area (Å²) < 4.78 is 73.1. The van der Waals surface area contributed by atoms with Gasteiger partial charge in [0, 0.05) is 31.5 Å². The van der Waals surface area contributed by atoms with Crippen molar-refractivity contribution in [2.45, 2.75) is 47.7 Å². The van der Waals surface area contributed by atoms with E-state index in [9.17, 15) is 33.0 Å². The number of ether oxygens (including phenoxy) is 2. The summed E-state index contributed by atoms with van der Waals surface area (Å²) in [5, 5.41) is 29.0. The lowest BCUT2D eigenvalue weighted by Gasteiger charge is -2.42. The Labute approximate surface area is 238 Å². The molecule has 1 aliphatic carbocycles. The third-order valence-electron chi connectivity index (χ3n) is 7.85. The van der Waals surface area contributed by atoms with Gasteiger partial charge in [-0.1, -0.05) is 17.8 Å². The molecule has 4 heterocycles. The second kappa shape index (κ2) is 10.0. The highest BCUT2D eigenvalue weighted by Crippen LogP contribution is 2.69. The third-order valence-corrected chi connectivity index (χ3v) is 8.96. The molecule has 1 spiro atoms. The smallest absolute Gasteiger partial charge is 0.416 e. The van der Waals surface area contributed by atoms with E-state index in [1.165, 1.54) is 29.3 Å². The molecule has 2 unspecified atom stereocenters. The van der Waals surface area contributed by atoms with E-state index in [2.05, 4.69) is 15.2 Å². The lowest BCUT2D eigenvalue weighted by Crippen LogP contribution is -2.59. The third kappa shape index (κ3) is 4.37. The van der Waals surface area contributed by atoms with Crippen molar-refractivity contribution in [3.8, 4) is 11.6 Å². The first-order chi connectivity index (χ1) is 19.9. The van der Waals surface area contributed by atoms with Crippen LogP contribution in [0.3, 0.4) is 0 Å². The molecule has 0 radical (unpaired) electrons. The molecule has 3 aliphatic rings. The van der Waals surface area contributed by atoms with Crippen LogP contribution < -0.4 is 0 Å². The number of halogens is 4. The standard InChI is InChI=1S/C25H23F4N5O7S/c1-33-19(16-9-30-11-39-16)31-32-22(33)42-6-2-5-34-10-13-8-23(13,14-4-3-12(7-15(14)26)24(27,28)29)25(34)40-20(37)17(35)18(36)21(38)41-25/h3-4,7,9,11,13,17-18,35-36H,2,5-6,8,10H2,1H3/t13-,17?,18?,23-,25?/m0/s1. The number of piperidine rings is 1. The molecule has 224 valence electrons. The minimum atomic E-state index is -4.80. The number of oxazole rings is 1. The number of thioether (sulfide) groups is 1. The zero-order chi connectivity index (χ0) is 30.0. The molecule has 2 aromatic heterocycles. The van der Waals surface area contributed by atoms with Gasteiger partial charge in [-0.05, 0) is 30.9 Å². The van der Waals surface area contributed by atoms with Crippen molar-refractivity contribution in [1.82, 2.24) is 24.6 Å². The van der Waals surface area contributed by atoms with Crippen molar-refractivity contribution in [2.24, 2.45) is 13.0 Å². The molecule has 2 N–H and O–H groups in total. The largest absolute Gasteiger partial charge is 0.440 e. The quantitative estimate of drug-likeness (QED) is 0.173. The number of hydrogen-bond donors (Lipinski definition) is 2. The SMILES string of the molecule is Cn1c(SCCCN2C[C@@H]3C[C@]3(c3ccc(C(F)(F)F)cc3F)C23OC(=O)C(O)C(O)C(=O)O3)nnc1-c1cnco1. The van der Waals surface area contributed by atoms with Gasteiger partial charge >= 0.3 is 24.0 Å². The van der Waals surface area contributed by atoms with Gasteiger partial charge in [0.15, 0.2) is 29.5 Å². The molecule has 42 heavy (non-hydrogen) atoms. The Balaban J connectivity index is 1.27. The van der Waals surface area contributed by atoms with Crippen molar-refractivity contribution in [3.05, 3.63) is 47.7 Å². The molecule has 1 aromatic carbocycles. The molecule has 17 heteroatoms. The van der Waals surface area contributed by atoms with Crippen LogP contribution >= 0.6 is 11.8 Å². The molecule has 3 fully saturated rings. The number of hydrogen-bond acceptors (Lipinski definition) is 12. The van der Waals surface area contributed by atoms with Crippen LogP contribution in [-0.4, -0.2) is 83.8 Å². The van der Waals surface area contributed by atoms with Crippen LogP contribution in [0.25, 0.3) is 11.6 Å². The van der Waals surface area contributed by atoms with E-state index in [1.807, 2.05) is 0 Å². The Morgan fingerprint density at radius 2 is 1.86 bits per heavy atom. The van der Waals surface area contributed by atoms with Gasteiger partial charge in [-0.2, -0.15) is 13.2 Å². The zero-order valence-electron chi connectivity index (χ0n) is 21.7. The first kappa shape index (κ1) is 28.6. The molecule has 4 atom stereocenters. The summed E-state index contributed by atoms with van der Waals surface area (Å²) in [5.74, 6) is -5.41. The number of likely N-dealkylation sites (tertiary alicyclic amines) is 1. The average molecular weight is 614 g/mol. The topological polar surface area (TPSA) is 153 Å². The van der Waals surface area contributed by atoms with Gasteiger partial charge in [0.25, 0.3) is 0 Å². The summed E-state index contributed by atoms with van der Waals surface area (Å²) in [4.78, 5) is 30.9. The van der Waals surface area contributed by atoms with E-state index >= 15 is 4.39 Å². The van der Waals surface area contributed by atoms with Gasteiger partial charge in [-0.15, -0.1) is 10.2 Å². The number of rotatable bonds is 7.